The minimum absolute atomic E-state index is 0.0966. The number of rotatable bonds is 6. The number of benzene rings is 3. The lowest BCUT2D eigenvalue weighted by Crippen LogP contribution is -2.48. The maximum Gasteiger partial charge on any atom is 0.253 e. The highest BCUT2D eigenvalue weighted by molar-refractivity contribution is 9.10. The van der Waals surface area contributed by atoms with Crippen LogP contribution in [0.5, 0.6) is 5.75 Å². The molecule has 0 saturated carbocycles. The Morgan fingerprint density at radius 1 is 0.903 bits per heavy atom. The molecule has 3 aromatic carbocycles. The first-order chi connectivity index (χ1) is 15.1. The standard InChI is InChI=1S/C26H27BrN2O2/c1-20-8-10-21(11-9-20)18-28-12-14-29(15-13-28)26(30)23-5-2-4-22(16-23)19-31-25-7-3-6-24(27)17-25/h2-11,16-17H,12-15,18-19H2,1H3. The number of hydrogen-bond donors (Lipinski definition) is 0. The summed E-state index contributed by atoms with van der Waals surface area (Å²) in [6.45, 7) is 6.77. The fraction of sp³-hybridized carbons (Fsp3) is 0.269. The van der Waals surface area contributed by atoms with Gasteiger partial charge < -0.3 is 9.64 Å². The summed E-state index contributed by atoms with van der Waals surface area (Å²) in [5, 5.41) is 0. The van der Waals surface area contributed by atoms with E-state index in [1.54, 1.807) is 0 Å². The maximum absolute atomic E-state index is 13.0. The van der Waals surface area contributed by atoms with Crippen molar-refractivity contribution in [2.75, 3.05) is 26.2 Å². The van der Waals surface area contributed by atoms with Crippen molar-refractivity contribution >= 4 is 21.8 Å². The van der Waals surface area contributed by atoms with Crippen LogP contribution in [0.4, 0.5) is 0 Å². The third kappa shape index (κ3) is 5.96. The number of carbonyl (C=O) groups is 1. The Balaban J connectivity index is 1.31. The van der Waals surface area contributed by atoms with E-state index in [4.69, 9.17) is 4.74 Å². The molecule has 1 aliphatic rings. The van der Waals surface area contributed by atoms with Gasteiger partial charge in [0.25, 0.3) is 5.91 Å². The summed E-state index contributed by atoms with van der Waals surface area (Å²) in [6.07, 6.45) is 0. The summed E-state index contributed by atoms with van der Waals surface area (Å²) in [6, 6.07) is 24.2. The maximum atomic E-state index is 13.0. The number of ether oxygens (including phenoxy) is 1. The van der Waals surface area contributed by atoms with Crippen LogP contribution in [-0.4, -0.2) is 41.9 Å². The second kappa shape index (κ2) is 10.1. The summed E-state index contributed by atoms with van der Waals surface area (Å²) in [7, 11) is 0. The zero-order valence-electron chi connectivity index (χ0n) is 17.8. The van der Waals surface area contributed by atoms with E-state index < -0.39 is 0 Å². The predicted octanol–water partition coefficient (Wildman–Crippen LogP) is 5.29. The van der Waals surface area contributed by atoms with Gasteiger partial charge in [0.15, 0.2) is 0 Å². The lowest BCUT2D eigenvalue weighted by Gasteiger charge is -2.35. The van der Waals surface area contributed by atoms with Gasteiger partial charge in [-0.3, -0.25) is 9.69 Å². The molecule has 0 N–H and O–H groups in total. The monoisotopic (exact) mass is 478 g/mol. The van der Waals surface area contributed by atoms with Crippen LogP contribution < -0.4 is 4.74 Å². The largest absolute Gasteiger partial charge is 0.489 e. The molecule has 31 heavy (non-hydrogen) atoms. The SMILES string of the molecule is Cc1ccc(CN2CCN(C(=O)c3cccc(COc4cccc(Br)c4)c3)CC2)cc1. The van der Waals surface area contributed by atoms with Crippen molar-refractivity contribution < 1.29 is 9.53 Å². The third-order valence-electron chi connectivity index (χ3n) is 5.56. The molecular formula is C26H27BrN2O2. The van der Waals surface area contributed by atoms with Crippen molar-refractivity contribution in [3.05, 3.63) is 99.5 Å². The summed E-state index contributed by atoms with van der Waals surface area (Å²) in [4.78, 5) is 17.4. The number of amides is 1. The topological polar surface area (TPSA) is 32.8 Å². The van der Waals surface area contributed by atoms with Gasteiger partial charge in [-0.25, -0.2) is 0 Å². The highest BCUT2D eigenvalue weighted by atomic mass is 79.9. The molecule has 4 rings (SSSR count). The normalized spacial score (nSPS) is 14.5. The summed E-state index contributed by atoms with van der Waals surface area (Å²) < 4.78 is 6.85. The van der Waals surface area contributed by atoms with Crippen LogP contribution in [0.2, 0.25) is 0 Å². The van der Waals surface area contributed by atoms with Crippen molar-refractivity contribution in [3.63, 3.8) is 0 Å². The number of piperazine rings is 1. The van der Waals surface area contributed by atoms with Crippen LogP contribution in [-0.2, 0) is 13.2 Å². The molecule has 0 atom stereocenters. The average Bonchev–Trinajstić information content (AvgIpc) is 2.79. The van der Waals surface area contributed by atoms with Crippen molar-refractivity contribution in [1.82, 2.24) is 9.80 Å². The number of nitrogens with zero attached hydrogens (tertiary/aromatic N) is 2. The zero-order chi connectivity index (χ0) is 21.6. The lowest BCUT2D eigenvalue weighted by atomic mass is 10.1. The van der Waals surface area contributed by atoms with Gasteiger partial charge in [0.2, 0.25) is 0 Å². The number of halogens is 1. The van der Waals surface area contributed by atoms with E-state index in [0.29, 0.717) is 6.61 Å². The minimum Gasteiger partial charge on any atom is -0.489 e. The van der Waals surface area contributed by atoms with E-state index in [9.17, 15) is 4.79 Å². The van der Waals surface area contributed by atoms with Crippen LogP contribution in [0.25, 0.3) is 0 Å². The second-order valence-electron chi connectivity index (χ2n) is 8.00. The number of hydrogen-bond acceptors (Lipinski definition) is 3. The van der Waals surface area contributed by atoms with Gasteiger partial charge in [0.05, 0.1) is 0 Å². The minimum atomic E-state index is 0.0966. The van der Waals surface area contributed by atoms with Gasteiger partial charge in [-0.15, -0.1) is 0 Å². The number of carbonyl (C=O) groups excluding carboxylic acids is 1. The van der Waals surface area contributed by atoms with Gasteiger partial charge in [-0.2, -0.15) is 0 Å². The summed E-state index contributed by atoms with van der Waals surface area (Å²) >= 11 is 3.45. The van der Waals surface area contributed by atoms with Crippen LogP contribution in [0.15, 0.2) is 77.3 Å². The van der Waals surface area contributed by atoms with Gasteiger partial charge >= 0.3 is 0 Å². The summed E-state index contributed by atoms with van der Waals surface area (Å²) in [5.74, 6) is 0.898. The predicted molar refractivity (Wildman–Crippen MR) is 127 cm³/mol. The van der Waals surface area contributed by atoms with Crippen molar-refractivity contribution in [3.8, 4) is 5.75 Å². The van der Waals surface area contributed by atoms with Crippen LogP contribution in [0, 0.1) is 6.92 Å². The first-order valence-electron chi connectivity index (χ1n) is 10.6. The highest BCUT2D eigenvalue weighted by Crippen LogP contribution is 2.20. The number of aryl methyl sites for hydroxylation is 1. The molecule has 0 spiro atoms. The fourth-order valence-corrected chi connectivity index (χ4v) is 4.14. The molecule has 1 heterocycles. The Morgan fingerprint density at radius 3 is 2.39 bits per heavy atom. The van der Waals surface area contributed by atoms with Gasteiger partial charge in [-0.05, 0) is 48.4 Å². The first-order valence-corrected chi connectivity index (χ1v) is 11.4. The molecular weight excluding hydrogens is 452 g/mol. The molecule has 1 saturated heterocycles. The van der Waals surface area contributed by atoms with Gasteiger partial charge in [0, 0.05) is 42.8 Å². The van der Waals surface area contributed by atoms with Crippen molar-refractivity contribution in [1.29, 1.82) is 0 Å². The van der Waals surface area contributed by atoms with Gasteiger partial charge in [0.1, 0.15) is 12.4 Å². The summed E-state index contributed by atoms with van der Waals surface area (Å²) in [5.41, 5.74) is 4.32. The van der Waals surface area contributed by atoms with E-state index in [1.165, 1.54) is 11.1 Å². The van der Waals surface area contributed by atoms with Crippen LogP contribution >= 0.6 is 15.9 Å². The molecule has 0 bridgehead atoms. The molecule has 0 unspecified atom stereocenters. The highest BCUT2D eigenvalue weighted by Gasteiger charge is 2.22. The van der Waals surface area contributed by atoms with E-state index in [-0.39, 0.29) is 5.91 Å². The molecule has 4 nitrogen and oxygen atoms in total. The molecule has 1 aliphatic heterocycles. The van der Waals surface area contributed by atoms with Gasteiger partial charge in [-0.1, -0.05) is 64.0 Å². The Bertz CT molecular complexity index is 1030. The Labute approximate surface area is 192 Å². The average molecular weight is 479 g/mol. The molecule has 5 heteroatoms. The first kappa shape index (κ1) is 21.6. The Morgan fingerprint density at radius 2 is 1.65 bits per heavy atom. The van der Waals surface area contributed by atoms with E-state index >= 15 is 0 Å². The lowest BCUT2D eigenvalue weighted by molar-refractivity contribution is 0.0628. The smallest absolute Gasteiger partial charge is 0.253 e. The Hall–Kier alpha value is -2.63. The molecule has 0 aliphatic carbocycles. The van der Waals surface area contributed by atoms with Crippen LogP contribution in [0.1, 0.15) is 27.0 Å². The third-order valence-corrected chi connectivity index (χ3v) is 6.06. The molecule has 1 fully saturated rings. The van der Waals surface area contributed by atoms with E-state index in [2.05, 4.69) is 52.0 Å². The van der Waals surface area contributed by atoms with Crippen molar-refractivity contribution in [2.24, 2.45) is 0 Å². The van der Waals surface area contributed by atoms with Crippen molar-refractivity contribution in [2.45, 2.75) is 20.1 Å². The zero-order valence-corrected chi connectivity index (χ0v) is 19.3. The Kier molecular flexibility index (Phi) is 7.05. The van der Waals surface area contributed by atoms with E-state index in [1.807, 2.05) is 53.4 Å². The molecule has 160 valence electrons. The molecule has 3 aromatic rings. The van der Waals surface area contributed by atoms with Crippen LogP contribution in [0.3, 0.4) is 0 Å². The molecule has 1 amide bonds. The quantitative estimate of drug-likeness (QED) is 0.482. The van der Waals surface area contributed by atoms with E-state index in [0.717, 1.165) is 54.1 Å². The molecule has 0 aromatic heterocycles. The molecule has 0 radical (unpaired) electrons. The fourth-order valence-electron chi connectivity index (χ4n) is 3.76. The second-order valence-corrected chi connectivity index (χ2v) is 8.92.